The second-order valence-electron chi connectivity index (χ2n) is 6.58. The van der Waals surface area contributed by atoms with E-state index in [1.54, 1.807) is 0 Å². The third kappa shape index (κ3) is 5.30. The van der Waals surface area contributed by atoms with Gasteiger partial charge in [0.1, 0.15) is 0 Å². The van der Waals surface area contributed by atoms with Gasteiger partial charge in [0.25, 0.3) is 0 Å². The normalized spacial score (nSPS) is 10.8. The molecule has 0 aliphatic rings. The predicted molar refractivity (Wildman–Crippen MR) is 123 cm³/mol. The molecule has 3 nitrogen and oxygen atoms in total. The van der Waals surface area contributed by atoms with Crippen LogP contribution in [-0.4, -0.2) is 36.1 Å². The summed E-state index contributed by atoms with van der Waals surface area (Å²) in [7, 11) is 0. The smallest absolute Gasteiger partial charge is 0.0730 e. The fraction of sp³-hybridized carbons (Fsp3) is 0.348. The zero-order chi connectivity index (χ0) is 18.4. The van der Waals surface area contributed by atoms with Crippen molar-refractivity contribution in [2.45, 2.75) is 27.2 Å². The molecule has 0 amide bonds. The van der Waals surface area contributed by atoms with E-state index < -0.39 is 0 Å². The highest BCUT2D eigenvalue weighted by atomic mass is 79.9. The van der Waals surface area contributed by atoms with Gasteiger partial charge in [0.05, 0.1) is 11.2 Å². The number of anilines is 1. The molecular formula is C23H30BrN3. The fourth-order valence-electron chi connectivity index (χ4n) is 3.27. The summed E-state index contributed by atoms with van der Waals surface area (Å²) in [6.07, 6.45) is 1.06. The number of aryl methyl sites for hydroxylation is 1. The Labute approximate surface area is 173 Å². The highest BCUT2D eigenvalue weighted by molar-refractivity contribution is 8.93. The molecule has 0 saturated heterocycles. The number of halogens is 1. The number of aromatic nitrogens is 1. The van der Waals surface area contributed by atoms with Crippen LogP contribution in [-0.2, 0) is 6.42 Å². The fourth-order valence-corrected chi connectivity index (χ4v) is 3.27. The van der Waals surface area contributed by atoms with Gasteiger partial charge in [0.2, 0.25) is 0 Å². The second kappa shape index (κ2) is 10.4. The highest BCUT2D eigenvalue weighted by Gasteiger charge is 2.08. The highest BCUT2D eigenvalue weighted by Crippen LogP contribution is 2.28. The van der Waals surface area contributed by atoms with Gasteiger partial charge in [-0.05, 0) is 37.2 Å². The van der Waals surface area contributed by atoms with E-state index in [9.17, 15) is 0 Å². The Morgan fingerprint density at radius 3 is 2.30 bits per heavy atom. The molecule has 0 spiro atoms. The van der Waals surface area contributed by atoms with Crippen molar-refractivity contribution in [2.24, 2.45) is 0 Å². The SMILES string of the molecule is Br.CCc1ccc(-c2cc(NCCN(CC)CC)c3ccccc3n2)cc1. The van der Waals surface area contributed by atoms with E-state index in [2.05, 4.69) is 85.6 Å². The standard InChI is InChI=1S/C23H29N3.BrH/c1-4-18-11-13-19(14-12-18)22-17-23(24-15-16-26(5-2)6-3)20-9-7-8-10-21(20)25-22;/h7-14,17H,4-6,15-16H2,1-3H3,(H,24,25);1H. The Hall–Kier alpha value is -1.91. The number of nitrogens with one attached hydrogen (secondary N) is 1. The van der Waals surface area contributed by atoms with Gasteiger partial charge in [-0.25, -0.2) is 4.98 Å². The number of para-hydroxylation sites is 1. The summed E-state index contributed by atoms with van der Waals surface area (Å²) in [4.78, 5) is 7.32. The van der Waals surface area contributed by atoms with E-state index in [1.165, 1.54) is 16.5 Å². The summed E-state index contributed by atoms with van der Waals surface area (Å²) in [6, 6.07) is 19.3. The molecule has 0 unspecified atom stereocenters. The lowest BCUT2D eigenvalue weighted by Crippen LogP contribution is -2.28. The molecule has 0 aliphatic heterocycles. The average Bonchev–Trinajstić information content (AvgIpc) is 2.71. The number of likely N-dealkylation sites (N-methyl/N-ethyl adjacent to an activating group) is 1. The first-order valence-corrected chi connectivity index (χ1v) is 9.70. The van der Waals surface area contributed by atoms with Crippen molar-refractivity contribution >= 4 is 33.6 Å². The van der Waals surface area contributed by atoms with Crippen molar-refractivity contribution in [3.05, 3.63) is 60.2 Å². The number of hydrogen-bond donors (Lipinski definition) is 1. The molecule has 0 saturated carbocycles. The van der Waals surface area contributed by atoms with Crippen LogP contribution in [0.4, 0.5) is 5.69 Å². The third-order valence-electron chi connectivity index (χ3n) is 5.01. The van der Waals surface area contributed by atoms with E-state index in [-0.39, 0.29) is 17.0 Å². The molecular weight excluding hydrogens is 398 g/mol. The van der Waals surface area contributed by atoms with E-state index in [0.29, 0.717) is 0 Å². The van der Waals surface area contributed by atoms with E-state index >= 15 is 0 Å². The summed E-state index contributed by atoms with van der Waals surface area (Å²) in [5, 5.41) is 4.82. The Morgan fingerprint density at radius 1 is 0.926 bits per heavy atom. The Bertz CT molecular complexity index is 842. The van der Waals surface area contributed by atoms with Crippen LogP contribution < -0.4 is 5.32 Å². The zero-order valence-electron chi connectivity index (χ0n) is 16.5. The topological polar surface area (TPSA) is 28.2 Å². The van der Waals surface area contributed by atoms with Gasteiger partial charge in [-0.1, -0.05) is 63.2 Å². The van der Waals surface area contributed by atoms with E-state index in [0.717, 1.165) is 49.5 Å². The van der Waals surface area contributed by atoms with Crippen LogP contribution in [0.25, 0.3) is 22.2 Å². The minimum Gasteiger partial charge on any atom is -0.383 e. The number of hydrogen-bond acceptors (Lipinski definition) is 3. The van der Waals surface area contributed by atoms with Gasteiger partial charge in [0.15, 0.2) is 0 Å². The van der Waals surface area contributed by atoms with Crippen molar-refractivity contribution in [2.75, 3.05) is 31.5 Å². The molecule has 1 N–H and O–H groups in total. The van der Waals surface area contributed by atoms with Gasteiger partial charge in [-0.15, -0.1) is 17.0 Å². The first kappa shape index (κ1) is 21.4. The molecule has 0 aliphatic carbocycles. The molecule has 4 heteroatoms. The maximum absolute atomic E-state index is 4.89. The van der Waals surface area contributed by atoms with Gasteiger partial charge < -0.3 is 10.2 Å². The summed E-state index contributed by atoms with van der Waals surface area (Å²) < 4.78 is 0. The molecule has 0 fully saturated rings. The number of rotatable bonds is 8. The second-order valence-corrected chi connectivity index (χ2v) is 6.58. The molecule has 2 aromatic carbocycles. The lowest BCUT2D eigenvalue weighted by Gasteiger charge is -2.19. The molecule has 27 heavy (non-hydrogen) atoms. The third-order valence-corrected chi connectivity index (χ3v) is 5.01. The lowest BCUT2D eigenvalue weighted by atomic mass is 10.0. The molecule has 0 bridgehead atoms. The number of fused-ring (bicyclic) bond motifs is 1. The molecule has 0 atom stereocenters. The molecule has 0 radical (unpaired) electrons. The summed E-state index contributed by atoms with van der Waals surface area (Å²) in [5.41, 5.74) is 5.75. The lowest BCUT2D eigenvalue weighted by molar-refractivity contribution is 0.316. The number of benzene rings is 2. The van der Waals surface area contributed by atoms with Crippen LogP contribution in [0.3, 0.4) is 0 Å². The largest absolute Gasteiger partial charge is 0.383 e. The Balaban J connectivity index is 0.00000261. The number of nitrogens with zero attached hydrogens (tertiary/aromatic N) is 2. The number of pyridine rings is 1. The molecule has 3 rings (SSSR count). The maximum atomic E-state index is 4.89. The summed E-state index contributed by atoms with van der Waals surface area (Å²) in [6.45, 7) is 10.8. The predicted octanol–water partition coefficient (Wildman–Crippen LogP) is 5.80. The van der Waals surface area contributed by atoms with Crippen molar-refractivity contribution in [3.63, 3.8) is 0 Å². The Morgan fingerprint density at radius 2 is 1.63 bits per heavy atom. The van der Waals surface area contributed by atoms with Crippen LogP contribution in [0.2, 0.25) is 0 Å². The summed E-state index contributed by atoms with van der Waals surface area (Å²) in [5.74, 6) is 0. The van der Waals surface area contributed by atoms with Crippen molar-refractivity contribution < 1.29 is 0 Å². The van der Waals surface area contributed by atoms with Crippen LogP contribution >= 0.6 is 17.0 Å². The van der Waals surface area contributed by atoms with Gasteiger partial charge in [-0.2, -0.15) is 0 Å². The van der Waals surface area contributed by atoms with Crippen LogP contribution in [0.1, 0.15) is 26.3 Å². The summed E-state index contributed by atoms with van der Waals surface area (Å²) >= 11 is 0. The van der Waals surface area contributed by atoms with E-state index in [1.807, 2.05) is 0 Å². The zero-order valence-corrected chi connectivity index (χ0v) is 18.2. The molecule has 1 heterocycles. The van der Waals surface area contributed by atoms with Crippen molar-refractivity contribution in [1.82, 2.24) is 9.88 Å². The van der Waals surface area contributed by atoms with E-state index in [4.69, 9.17) is 4.98 Å². The average molecular weight is 428 g/mol. The van der Waals surface area contributed by atoms with Gasteiger partial charge in [0, 0.05) is 29.7 Å². The molecule has 3 aromatic rings. The molecule has 144 valence electrons. The minimum absolute atomic E-state index is 0. The van der Waals surface area contributed by atoms with Crippen molar-refractivity contribution in [3.8, 4) is 11.3 Å². The van der Waals surface area contributed by atoms with Crippen LogP contribution in [0.15, 0.2) is 54.6 Å². The van der Waals surface area contributed by atoms with Crippen LogP contribution in [0.5, 0.6) is 0 Å². The quantitative estimate of drug-likeness (QED) is 0.492. The maximum Gasteiger partial charge on any atom is 0.0730 e. The van der Waals surface area contributed by atoms with Gasteiger partial charge >= 0.3 is 0 Å². The minimum atomic E-state index is 0. The molecule has 1 aromatic heterocycles. The monoisotopic (exact) mass is 427 g/mol. The Kier molecular flexibility index (Phi) is 8.26. The first-order chi connectivity index (χ1) is 12.7. The van der Waals surface area contributed by atoms with Crippen molar-refractivity contribution in [1.29, 1.82) is 0 Å². The first-order valence-electron chi connectivity index (χ1n) is 9.70. The van der Waals surface area contributed by atoms with Gasteiger partial charge in [-0.3, -0.25) is 0 Å². The van der Waals surface area contributed by atoms with Crippen LogP contribution in [0, 0.1) is 0 Å².